The molecule has 0 spiro atoms. The molecule has 594 valence electrons. The molecule has 0 aliphatic rings. The van der Waals surface area contributed by atoms with E-state index in [9.17, 15) is 43.2 Å². The second kappa shape index (κ2) is 75.7. The number of phosphoric ester groups is 2. The number of hydrogen-bond acceptors (Lipinski definition) is 15. The second-order valence-corrected chi connectivity index (χ2v) is 30.6. The van der Waals surface area contributed by atoms with Gasteiger partial charge >= 0.3 is 39.5 Å². The van der Waals surface area contributed by atoms with Gasteiger partial charge in [0.05, 0.1) is 26.4 Å². The Morgan fingerprint density at radius 2 is 0.490 bits per heavy atom. The van der Waals surface area contributed by atoms with Crippen LogP contribution >= 0.6 is 15.6 Å². The van der Waals surface area contributed by atoms with Crippen molar-refractivity contribution < 1.29 is 80.2 Å². The summed E-state index contributed by atoms with van der Waals surface area (Å²) in [4.78, 5) is 73.0. The highest BCUT2D eigenvalue weighted by atomic mass is 31.2. The Labute approximate surface area is 622 Å². The van der Waals surface area contributed by atoms with E-state index < -0.39 is 97.5 Å². The summed E-state index contributed by atoms with van der Waals surface area (Å²) in [6.07, 6.45) is 77.3. The average Bonchev–Trinajstić information content (AvgIpc) is 0.923. The third-order valence-electron chi connectivity index (χ3n) is 17.6. The number of rotatable bonds is 78. The molecule has 0 fully saturated rings. The highest BCUT2D eigenvalue weighted by Crippen LogP contribution is 2.45. The summed E-state index contributed by atoms with van der Waals surface area (Å²) in [6.45, 7) is 4.83. The van der Waals surface area contributed by atoms with Crippen molar-refractivity contribution in [3.63, 3.8) is 0 Å². The fraction of sp³-hybridized carbons (Fsp3) is 0.807. The third kappa shape index (κ3) is 74.8. The molecule has 0 saturated carbocycles. The standard InChI is InChI=1S/C83H150O17P2/c1-5-9-13-17-21-25-29-33-37-38-42-44-48-52-56-60-64-68-81(86)94-74-79(100-83(88)70-66-62-58-54-50-46-41-36-32-28-24-20-16-12-8-4)76-98-102(91,92)96-72-77(84)71-95-101(89,90)97-75-78(99-82(87)69-65-61-57-53-49-45-40-35-31-27-23-19-15-11-7-3)73-93-80(85)67-63-59-55-51-47-43-39-34-30-26-22-18-14-10-6-2/h21,25,33-34,36-37,39,41-42,44,52,56,77-79,84H,5-20,22-24,26-32,35,38,40,43,45-51,53-55,57-76H2,1-4H3,(H,89,90)(H,91,92)/b25-21-,37-33-,39-34-,41-36-,44-42-,56-52-/t77-,78+,79+/m0/s1. The molecular weight excluding hydrogens is 1330 g/mol. The van der Waals surface area contributed by atoms with Crippen molar-refractivity contribution in [1.82, 2.24) is 0 Å². The van der Waals surface area contributed by atoms with Gasteiger partial charge in [-0.15, -0.1) is 0 Å². The van der Waals surface area contributed by atoms with Gasteiger partial charge in [-0.3, -0.25) is 37.3 Å². The number of carbonyl (C=O) groups excluding carboxylic acids is 4. The van der Waals surface area contributed by atoms with E-state index in [1.807, 2.05) is 12.2 Å². The Morgan fingerprint density at radius 3 is 0.804 bits per heavy atom. The van der Waals surface area contributed by atoms with E-state index in [2.05, 4.69) is 88.5 Å². The number of esters is 4. The lowest BCUT2D eigenvalue weighted by Gasteiger charge is -2.21. The number of aliphatic hydroxyl groups is 1. The van der Waals surface area contributed by atoms with Gasteiger partial charge in [-0.25, -0.2) is 9.13 Å². The summed E-state index contributed by atoms with van der Waals surface area (Å²) < 4.78 is 68.6. The molecule has 0 aromatic carbocycles. The number of aliphatic hydroxyl groups excluding tert-OH is 1. The zero-order valence-corrected chi connectivity index (χ0v) is 66.8. The van der Waals surface area contributed by atoms with Crippen LogP contribution in [-0.4, -0.2) is 96.7 Å². The molecule has 19 heteroatoms. The maximum Gasteiger partial charge on any atom is 0.472 e. The maximum atomic E-state index is 13.1. The van der Waals surface area contributed by atoms with E-state index in [0.29, 0.717) is 32.1 Å². The SMILES string of the molecule is CCCCC/C=C\C/C=C\C/C=C\C/C=C\CCCC(=O)OC[C@H](COP(=O)(O)OC[C@@H](O)COP(=O)(O)OC[C@@H](COC(=O)CCCCCCC/C=C\CCCCCCCC)OC(=O)CCCCCCCCCCCCCCCCC)OC(=O)CCCCCCC/C=C\CCCCCCCC. The van der Waals surface area contributed by atoms with Gasteiger partial charge in [0.2, 0.25) is 0 Å². The van der Waals surface area contributed by atoms with E-state index in [4.69, 9.17) is 37.0 Å². The Balaban J connectivity index is 5.39. The first-order valence-corrected chi connectivity index (χ1v) is 44.2. The Bertz CT molecular complexity index is 2210. The molecule has 0 amide bonds. The van der Waals surface area contributed by atoms with Crippen LogP contribution < -0.4 is 0 Å². The van der Waals surface area contributed by atoms with Crippen LogP contribution in [0.4, 0.5) is 0 Å². The zero-order valence-electron chi connectivity index (χ0n) is 65.0. The van der Waals surface area contributed by atoms with Gasteiger partial charge < -0.3 is 33.8 Å². The number of carbonyl (C=O) groups is 4. The number of ether oxygens (including phenoxy) is 4. The van der Waals surface area contributed by atoms with Crippen LogP contribution in [0.5, 0.6) is 0 Å². The molecule has 0 aromatic heterocycles. The van der Waals surface area contributed by atoms with Crippen LogP contribution in [0, 0.1) is 0 Å². The first kappa shape index (κ1) is 98.5. The van der Waals surface area contributed by atoms with Gasteiger partial charge in [0, 0.05) is 25.7 Å². The van der Waals surface area contributed by atoms with Crippen LogP contribution in [0.25, 0.3) is 0 Å². The summed E-state index contributed by atoms with van der Waals surface area (Å²) in [7, 11) is -9.96. The highest BCUT2D eigenvalue weighted by Gasteiger charge is 2.30. The van der Waals surface area contributed by atoms with Crippen molar-refractivity contribution in [2.45, 2.75) is 393 Å². The molecule has 0 aliphatic heterocycles. The molecule has 17 nitrogen and oxygen atoms in total. The monoisotopic (exact) mass is 1480 g/mol. The van der Waals surface area contributed by atoms with Crippen LogP contribution in [0.3, 0.4) is 0 Å². The second-order valence-electron chi connectivity index (χ2n) is 27.7. The van der Waals surface area contributed by atoms with Crippen LogP contribution in [-0.2, 0) is 65.4 Å². The van der Waals surface area contributed by atoms with Crippen LogP contribution in [0.2, 0.25) is 0 Å². The largest absolute Gasteiger partial charge is 0.472 e. The molecular formula is C83H150O17P2. The van der Waals surface area contributed by atoms with E-state index in [-0.39, 0.29) is 25.7 Å². The van der Waals surface area contributed by atoms with Crippen LogP contribution in [0.15, 0.2) is 72.9 Å². The summed E-state index contributed by atoms with van der Waals surface area (Å²) >= 11 is 0. The first-order chi connectivity index (χ1) is 49.7. The number of allylic oxidation sites excluding steroid dienone is 12. The summed E-state index contributed by atoms with van der Waals surface area (Å²) in [6, 6.07) is 0. The molecule has 0 aliphatic carbocycles. The molecule has 0 saturated heterocycles. The molecule has 2 unspecified atom stereocenters. The number of unbranched alkanes of at least 4 members (excludes halogenated alkanes) is 40. The van der Waals surface area contributed by atoms with Crippen molar-refractivity contribution in [2.75, 3.05) is 39.6 Å². The van der Waals surface area contributed by atoms with Crippen molar-refractivity contribution in [2.24, 2.45) is 0 Å². The molecule has 0 radical (unpaired) electrons. The van der Waals surface area contributed by atoms with E-state index in [1.165, 1.54) is 161 Å². The third-order valence-corrected chi connectivity index (χ3v) is 19.5. The van der Waals surface area contributed by atoms with Gasteiger partial charge in [0.15, 0.2) is 12.2 Å². The van der Waals surface area contributed by atoms with Crippen molar-refractivity contribution in [3.05, 3.63) is 72.9 Å². The normalized spacial score (nSPS) is 14.2. The molecule has 5 atom stereocenters. The number of hydrogen-bond donors (Lipinski definition) is 3. The van der Waals surface area contributed by atoms with Crippen molar-refractivity contribution in [3.8, 4) is 0 Å². The average molecular weight is 1480 g/mol. The topological polar surface area (TPSA) is 237 Å². The molecule has 0 bridgehead atoms. The van der Waals surface area contributed by atoms with E-state index >= 15 is 0 Å². The van der Waals surface area contributed by atoms with Crippen LogP contribution in [0.1, 0.15) is 374 Å². The quantitative estimate of drug-likeness (QED) is 0.0169. The highest BCUT2D eigenvalue weighted by molar-refractivity contribution is 7.47. The minimum absolute atomic E-state index is 0.0761. The maximum absolute atomic E-state index is 13.1. The predicted molar refractivity (Wildman–Crippen MR) is 418 cm³/mol. The predicted octanol–water partition coefficient (Wildman–Crippen LogP) is 24.0. The van der Waals surface area contributed by atoms with E-state index in [1.54, 1.807) is 0 Å². The first-order valence-electron chi connectivity index (χ1n) is 41.2. The minimum Gasteiger partial charge on any atom is -0.462 e. The molecule has 0 rings (SSSR count). The molecule has 0 heterocycles. The lowest BCUT2D eigenvalue weighted by molar-refractivity contribution is -0.161. The molecule has 102 heavy (non-hydrogen) atoms. The van der Waals surface area contributed by atoms with E-state index in [0.717, 1.165) is 128 Å². The van der Waals surface area contributed by atoms with Gasteiger partial charge in [-0.2, -0.15) is 0 Å². The summed E-state index contributed by atoms with van der Waals surface area (Å²) in [5.41, 5.74) is 0. The molecule has 3 N–H and O–H groups in total. The minimum atomic E-state index is -4.99. The Morgan fingerprint density at radius 1 is 0.275 bits per heavy atom. The van der Waals surface area contributed by atoms with Gasteiger partial charge in [0.25, 0.3) is 0 Å². The van der Waals surface area contributed by atoms with Gasteiger partial charge in [-0.05, 0) is 116 Å². The van der Waals surface area contributed by atoms with Crippen molar-refractivity contribution >= 4 is 39.5 Å². The zero-order chi connectivity index (χ0) is 74.6. The summed E-state index contributed by atoms with van der Waals surface area (Å²) in [5, 5.41) is 10.6. The Kier molecular flexibility index (Phi) is 73.1. The van der Waals surface area contributed by atoms with Crippen molar-refractivity contribution in [1.29, 1.82) is 0 Å². The molecule has 0 aromatic rings. The van der Waals surface area contributed by atoms with Gasteiger partial charge in [-0.1, -0.05) is 306 Å². The lowest BCUT2D eigenvalue weighted by Crippen LogP contribution is -2.30. The fourth-order valence-corrected chi connectivity index (χ4v) is 12.9. The fourth-order valence-electron chi connectivity index (χ4n) is 11.3. The lowest BCUT2D eigenvalue weighted by atomic mass is 10.0. The summed E-state index contributed by atoms with van der Waals surface area (Å²) in [5.74, 6) is -2.23. The number of phosphoric acid groups is 2. The smallest absolute Gasteiger partial charge is 0.462 e. The Hall–Kier alpha value is -3.50. The van der Waals surface area contributed by atoms with Gasteiger partial charge in [0.1, 0.15) is 19.3 Å².